The SMILES string of the molecule is O=C(CSc1nnc(-c2cccc3ccccc23)o1)NCc1ccco1. The summed E-state index contributed by atoms with van der Waals surface area (Å²) in [6.45, 7) is 0.359. The van der Waals surface area contributed by atoms with Gasteiger partial charge in [0.25, 0.3) is 5.22 Å². The summed E-state index contributed by atoms with van der Waals surface area (Å²) in [5.74, 6) is 1.22. The van der Waals surface area contributed by atoms with Gasteiger partial charge in [-0.2, -0.15) is 0 Å². The van der Waals surface area contributed by atoms with Gasteiger partial charge in [0.05, 0.1) is 18.6 Å². The summed E-state index contributed by atoms with van der Waals surface area (Å²) >= 11 is 1.20. The molecule has 0 bridgehead atoms. The van der Waals surface area contributed by atoms with E-state index in [4.69, 9.17) is 8.83 Å². The van der Waals surface area contributed by atoms with Crippen molar-refractivity contribution in [3.8, 4) is 11.5 Å². The molecule has 4 aromatic rings. The first-order valence-electron chi connectivity index (χ1n) is 8.03. The van der Waals surface area contributed by atoms with E-state index < -0.39 is 0 Å². The molecule has 0 atom stereocenters. The lowest BCUT2D eigenvalue weighted by molar-refractivity contribution is -0.118. The lowest BCUT2D eigenvalue weighted by Gasteiger charge is -2.02. The predicted molar refractivity (Wildman–Crippen MR) is 98.5 cm³/mol. The third kappa shape index (κ3) is 3.62. The second-order valence-corrected chi connectivity index (χ2v) is 6.47. The van der Waals surface area contributed by atoms with Crippen LogP contribution >= 0.6 is 11.8 Å². The summed E-state index contributed by atoms with van der Waals surface area (Å²) in [4.78, 5) is 11.9. The quantitative estimate of drug-likeness (QED) is 0.522. The second kappa shape index (κ2) is 7.45. The maximum atomic E-state index is 11.9. The fraction of sp³-hybridized carbons (Fsp3) is 0.105. The molecule has 0 aliphatic heterocycles. The maximum Gasteiger partial charge on any atom is 0.277 e. The zero-order valence-electron chi connectivity index (χ0n) is 13.7. The lowest BCUT2D eigenvalue weighted by atomic mass is 10.0. The van der Waals surface area contributed by atoms with Crippen LogP contribution in [0.2, 0.25) is 0 Å². The fourth-order valence-electron chi connectivity index (χ4n) is 2.57. The van der Waals surface area contributed by atoms with E-state index in [-0.39, 0.29) is 11.7 Å². The molecule has 1 amide bonds. The monoisotopic (exact) mass is 365 g/mol. The molecule has 6 nitrogen and oxygen atoms in total. The molecule has 7 heteroatoms. The van der Waals surface area contributed by atoms with E-state index in [1.54, 1.807) is 12.3 Å². The summed E-state index contributed by atoms with van der Waals surface area (Å²) in [6.07, 6.45) is 1.57. The van der Waals surface area contributed by atoms with Crippen LogP contribution in [0.25, 0.3) is 22.2 Å². The largest absolute Gasteiger partial charge is 0.467 e. The van der Waals surface area contributed by atoms with Gasteiger partial charge >= 0.3 is 0 Å². The molecule has 0 fully saturated rings. The molecular formula is C19H15N3O3S. The Hall–Kier alpha value is -3.06. The average Bonchev–Trinajstić information content (AvgIpc) is 3.36. The first kappa shape index (κ1) is 16.4. The average molecular weight is 365 g/mol. The van der Waals surface area contributed by atoms with Crippen LogP contribution < -0.4 is 5.32 Å². The Morgan fingerprint density at radius 2 is 1.92 bits per heavy atom. The molecular weight excluding hydrogens is 350 g/mol. The summed E-state index contributed by atoms with van der Waals surface area (Å²) in [6, 6.07) is 17.5. The number of fused-ring (bicyclic) bond motifs is 1. The molecule has 0 saturated carbocycles. The third-order valence-electron chi connectivity index (χ3n) is 3.79. The zero-order chi connectivity index (χ0) is 17.8. The van der Waals surface area contributed by atoms with E-state index >= 15 is 0 Å². The molecule has 0 aliphatic carbocycles. The molecule has 0 saturated heterocycles. The van der Waals surface area contributed by atoms with Gasteiger partial charge in [-0.15, -0.1) is 10.2 Å². The van der Waals surface area contributed by atoms with E-state index in [1.807, 2.05) is 48.5 Å². The van der Waals surface area contributed by atoms with E-state index in [0.29, 0.717) is 23.4 Å². The molecule has 2 heterocycles. The highest BCUT2D eigenvalue weighted by Gasteiger charge is 2.13. The van der Waals surface area contributed by atoms with Gasteiger partial charge in [0.2, 0.25) is 11.8 Å². The Morgan fingerprint density at radius 1 is 1.04 bits per heavy atom. The number of carbonyl (C=O) groups is 1. The second-order valence-electron chi connectivity index (χ2n) is 5.54. The fourth-order valence-corrected chi connectivity index (χ4v) is 3.16. The van der Waals surface area contributed by atoms with E-state index in [2.05, 4.69) is 15.5 Å². The summed E-state index contributed by atoms with van der Waals surface area (Å²) in [5.41, 5.74) is 0.879. The number of carbonyl (C=O) groups excluding carboxylic acids is 1. The highest BCUT2D eigenvalue weighted by Crippen LogP contribution is 2.29. The maximum absolute atomic E-state index is 11.9. The summed E-state index contributed by atoms with van der Waals surface area (Å²) < 4.78 is 10.9. The zero-order valence-corrected chi connectivity index (χ0v) is 14.5. The van der Waals surface area contributed by atoms with Crippen LogP contribution in [-0.2, 0) is 11.3 Å². The summed E-state index contributed by atoms with van der Waals surface area (Å²) in [5, 5.41) is 13.4. The van der Waals surface area contributed by atoms with Crippen LogP contribution in [0.4, 0.5) is 0 Å². The lowest BCUT2D eigenvalue weighted by Crippen LogP contribution is -2.24. The Bertz CT molecular complexity index is 1020. The molecule has 2 aromatic carbocycles. The number of nitrogens with zero attached hydrogens (tertiary/aromatic N) is 2. The Morgan fingerprint density at radius 3 is 2.81 bits per heavy atom. The molecule has 130 valence electrons. The number of rotatable bonds is 6. The van der Waals surface area contributed by atoms with Crippen LogP contribution in [0.3, 0.4) is 0 Å². The van der Waals surface area contributed by atoms with Crippen LogP contribution in [-0.4, -0.2) is 21.9 Å². The van der Waals surface area contributed by atoms with Crippen molar-refractivity contribution < 1.29 is 13.6 Å². The number of amides is 1. The van der Waals surface area contributed by atoms with Gasteiger partial charge in [0.1, 0.15) is 5.76 Å². The molecule has 0 spiro atoms. The Labute approximate surface area is 153 Å². The van der Waals surface area contributed by atoms with E-state index in [9.17, 15) is 4.79 Å². The number of thioether (sulfide) groups is 1. The smallest absolute Gasteiger partial charge is 0.277 e. The van der Waals surface area contributed by atoms with Crippen molar-refractivity contribution in [2.45, 2.75) is 11.8 Å². The molecule has 0 radical (unpaired) electrons. The van der Waals surface area contributed by atoms with Crippen LogP contribution in [0.15, 0.2) is 74.9 Å². The Balaban J connectivity index is 1.41. The topological polar surface area (TPSA) is 81.2 Å². The normalized spacial score (nSPS) is 10.9. The van der Waals surface area contributed by atoms with Gasteiger partial charge in [0, 0.05) is 5.56 Å². The molecule has 0 aliphatic rings. The van der Waals surface area contributed by atoms with Crippen molar-refractivity contribution in [2.24, 2.45) is 0 Å². The number of hydrogen-bond acceptors (Lipinski definition) is 6. The Kier molecular flexibility index (Phi) is 4.70. The number of hydrogen-bond donors (Lipinski definition) is 1. The van der Waals surface area contributed by atoms with Gasteiger partial charge in [-0.3, -0.25) is 4.79 Å². The third-order valence-corrected chi connectivity index (χ3v) is 4.61. The van der Waals surface area contributed by atoms with Crippen LogP contribution in [0, 0.1) is 0 Å². The van der Waals surface area contributed by atoms with Crippen molar-refractivity contribution in [2.75, 3.05) is 5.75 Å². The minimum atomic E-state index is -0.128. The van der Waals surface area contributed by atoms with Gasteiger partial charge < -0.3 is 14.2 Å². The first-order chi connectivity index (χ1) is 12.8. The van der Waals surface area contributed by atoms with Crippen molar-refractivity contribution >= 4 is 28.4 Å². The molecule has 26 heavy (non-hydrogen) atoms. The minimum Gasteiger partial charge on any atom is -0.467 e. The summed E-state index contributed by atoms with van der Waals surface area (Å²) in [7, 11) is 0. The minimum absolute atomic E-state index is 0.128. The van der Waals surface area contributed by atoms with Gasteiger partial charge in [-0.05, 0) is 29.0 Å². The van der Waals surface area contributed by atoms with Crippen molar-refractivity contribution in [3.63, 3.8) is 0 Å². The van der Waals surface area contributed by atoms with Gasteiger partial charge in [-0.1, -0.05) is 48.2 Å². The molecule has 2 aromatic heterocycles. The van der Waals surface area contributed by atoms with Crippen molar-refractivity contribution in [1.29, 1.82) is 0 Å². The van der Waals surface area contributed by atoms with Gasteiger partial charge in [-0.25, -0.2) is 0 Å². The van der Waals surface area contributed by atoms with Crippen molar-refractivity contribution in [1.82, 2.24) is 15.5 Å². The number of benzene rings is 2. The highest BCUT2D eigenvalue weighted by atomic mass is 32.2. The van der Waals surface area contributed by atoms with Gasteiger partial charge in [0.15, 0.2) is 0 Å². The first-order valence-corrected chi connectivity index (χ1v) is 9.02. The van der Waals surface area contributed by atoms with Crippen LogP contribution in [0.1, 0.15) is 5.76 Å². The molecule has 0 unspecified atom stereocenters. The molecule has 1 N–H and O–H groups in total. The highest BCUT2D eigenvalue weighted by molar-refractivity contribution is 7.99. The number of aromatic nitrogens is 2. The number of furan rings is 1. The number of nitrogens with one attached hydrogen (secondary N) is 1. The van der Waals surface area contributed by atoms with Crippen LogP contribution in [0.5, 0.6) is 0 Å². The van der Waals surface area contributed by atoms with E-state index in [1.165, 1.54) is 11.8 Å². The standard InChI is InChI=1S/C19H15N3O3S/c23-17(20-11-14-7-4-10-24-14)12-26-19-22-21-18(25-19)16-9-3-6-13-5-1-2-8-15(13)16/h1-10H,11-12H2,(H,20,23). The molecule has 4 rings (SSSR count). The van der Waals surface area contributed by atoms with Crippen molar-refractivity contribution in [3.05, 3.63) is 66.6 Å². The van der Waals surface area contributed by atoms with E-state index in [0.717, 1.165) is 16.3 Å². The predicted octanol–water partition coefficient (Wildman–Crippen LogP) is 3.89.